The minimum Gasteiger partial charge on any atom is -0.379 e. The molecule has 2 aromatic heterocycles. The molecular weight excluding hydrogens is 258 g/mol. The van der Waals surface area contributed by atoms with E-state index in [9.17, 15) is 0 Å². The van der Waals surface area contributed by atoms with Crippen LogP contribution in [0, 0.1) is 0 Å². The van der Waals surface area contributed by atoms with Gasteiger partial charge in [0.1, 0.15) is 5.69 Å². The topological polar surface area (TPSA) is 77.2 Å². The van der Waals surface area contributed by atoms with Gasteiger partial charge in [-0.15, -0.1) is 5.10 Å². The molecule has 7 heteroatoms. The summed E-state index contributed by atoms with van der Waals surface area (Å²) in [5.41, 5.74) is 0.624. The summed E-state index contributed by atoms with van der Waals surface area (Å²) in [5, 5.41) is 11.8. The van der Waals surface area contributed by atoms with E-state index in [1.54, 1.807) is 12.3 Å². The van der Waals surface area contributed by atoms with Crippen molar-refractivity contribution in [1.82, 2.24) is 25.2 Å². The van der Waals surface area contributed by atoms with E-state index in [2.05, 4.69) is 32.2 Å². The highest BCUT2D eigenvalue weighted by molar-refractivity contribution is 5.46. The monoisotopic (exact) mass is 275 g/mol. The predicted octanol–water partition coefficient (Wildman–Crippen LogP) is 1.31. The summed E-state index contributed by atoms with van der Waals surface area (Å²) in [6, 6.07) is 3.76. The summed E-state index contributed by atoms with van der Waals surface area (Å²) >= 11 is 0. The van der Waals surface area contributed by atoms with E-state index in [-0.39, 0.29) is 6.04 Å². The molecule has 0 bridgehead atoms. The van der Waals surface area contributed by atoms with Gasteiger partial charge in [0.05, 0.1) is 19.3 Å². The van der Waals surface area contributed by atoms with Crippen LogP contribution in [0.5, 0.6) is 0 Å². The summed E-state index contributed by atoms with van der Waals surface area (Å²) in [7, 11) is 0. The minimum absolute atomic E-state index is 0.136. The Balaban J connectivity index is 1.80. The van der Waals surface area contributed by atoms with Gasteiger partial charge in [-0.3, -0.25) is 4.90 Å². The quantitative estimate of drug-likeness (QED) is 0.832. The van der Waals surface area contributed by atoms with Crippen LogP contribution < -0.4 is 0 Å². The molecule has 20 heavy (non-hydrogen) atoms. The first kappa shape index (κ1) is 13.1. The van der Waals surface area contributed by atoms with E-state index in [0.717, 1.165) is 32.7 Å². The normalized spacial score (nSPS) is 18.1. The lowest BCUT2D eigenvalue weighted by Gasteiger charge is -2.31. The van der Waals surface area contributed by atoms with Gasteiger partial charge >= 0.3 is 0 Å². The van der Waals surface area contributed by atoms with Crippen LogP contribution in [0.25, 0.3) is 11.5 Å². The summed E-state index contributed by atoms with van der Waals surface area (Å²) in [6.07, 6.45) is 2.54. The zero-order valence-electron chi connectivity index (χ0n) is 11.4. The molecule has 1 atom stereocenters. The van der Waals surface area contributed by atoms with Gasteiger partial charge in [0.25, 0.3) is 0 Å². The molecule has 0 spiro atoms. The Hall–Kier alpha value is -1.86. The third-order valence-electron chi connectivity index (χ3n) is 3.40. The maximum Gasteiger partial charge on any atom is 0.244 e. The molecule has 7 nitrogen and oxygen atoms in total. The average Bonchev–Trinajstić information content (AvgIpc) is 3.00. The fourth-order valence-corrected chi connectivity index (χ4v) is 2.37. The second-order valence-electron chi connectivity index (χ2n) is 4.64. The van der Waals surface area contributed by atoms with Gasteiger partial charge in [0, 0.05) is 19.3 Å². The molecule has 1 fully saturated rings. The average molecular weight is 275 g/mol. The second kappa shape index (κ2) is 6.06. The SMILES string of the molecule is CCC(c1nc(-c2cccnn2)no1)N1CCOCC1. The molecule has 3 rings (SSSR count). The van der Waals surface area contributed by atoms with Crippen LogP contribution in [0.4, 0.5) is 0 Å². The van der Waals surface area contributed by atoms with Gasteiger partial charge in [-0.1, -0.05) is 12.1 Å². The Morgan fingerprint density at radius 2 is 2.20 bits per heavy atom. The fraction of sp³-hybridized carbons (Fsp3) is 0.538. The highest BCUT2D eigenvalue weighted by atomic mass is 16.5. The van der Waals surface area contributed by atoms with Crippen molar-refractivity contribution in [2.45, 2.75) is 19.4 Å². The van der Waals surface area contributed by atoms with Crippen LogP contribution in [0.1, 0.15) is 25.3 Å². The number of hydrogen-bond acceptors (Lipinski definition) is 7. The van der Waals surface area contributed by atoms with Crippen molar-refractivity contribution in [2.75, 3.05) is 26.3 Å². The standard InChI is InChI=1S/C13H17N5O2/c1-2-11(18-6-8-19-9-7-18)13-15-12(17-20-13)10-4-3-5-14-16-10/h3-5,11H,2,6-9H2,1H3. The molecule has 0 saturated carbocycles. The second-order valence-corrected chi connectivity index (χ2v) is 4.64. The van der Waals surface area contributed by atoms with E-state index in [0.29, 0.717) is 17.4 Å². The molecule has 0 aliphatic carbocycles. The van der Waals surface area contributed by atoms with E-state index in [1.165, 1.54) is 0 Å². The molecule has 0 amide bonds. The highest BCUT2D eigenvalue weighted by Crippen LogP contribution is 2.25. The third kappa shape index (κ3) is 2.68. The van der Waals surface area contributed by atoms with Gasteiger partial charge in [-0.25, -0.2) is 0 Å². The smallest absolute Gasteiger partial charge is 0.244 e. The van der Waals surface area contributed by atoms with Crippen LogP contribution in [0.2, 0.25) is 0 Å². The third-order valence-corrected chi connectivity index (χ3v) is 3.40. The van der Waals surface area contributed by atoms with E-state index in [1.807, 2.05) is 6.07 Å². The van der Waals surface area contributed by atoms with Gasteiger partial charge < -0.3 is 9.26 Å². The maximum absolute atomic E-state index is 5.41. The zero-order valence-corrected chi connectivity index (χ0v) is 11.4. The van der Waals surface area contributed by atoms with Crippen molar-refractivity contribution in [3.05, 3.63) is 24.2 Å². The first-order chi connectivity index (χ1) is 9.88. The lowest BCUT2D eigenvalue weighted by Crippen LogP contribution is -2.39. The molecule has 106 valence electrons. The van der Waals surface area contributed by atoms with Crippen molar-refractivity contribution in [3.63, 3.8) is 0 Å². The molecule has 1 saturated heterocycles. The molecule has 3 heterocycles. The van der Waals surface area contributed by atoms with Gasteiger partial charge in [0.2, 0.25) is 11.7 Å². The molecule has 0 N–H and O–H groups in total. The first-order valence-electron chi connectivity index (χ1n) is 6.82. The molecule has 1 aliphatic heterocycles. The number of hydrogen-bond donors (Lipinski definition) is 0. The predicted molar refractivity (Wildman–Crippen MR) is 70.7 cm³/mol. The molecule has 0 aromatic carbocycles. The van der Waals surface area contributed by atoms with Crippen molar-refractivity contribution >= 4 is 0 Å². The Morgan fingerprint density at radius 3 is 2.90 bits per heavy atom. The summed E-state index contributed by atoms with van der Waals surface area (Å²) in [5.74, 6) is 1.12. The van der Waals surface area contributed by atoms with Crippen molar-refractivity contribution in [3.8, 4) is 11.5 Å². The summed E-state index contributed by atoms with van der Waals surface area (Å²) in [4.78, 5) is 6.78. The van der Waals surface area contributed by atoms with Crippen LogP contribution in [-0.2, 0) is 4.74 Å². The Bertz CT molecular complexity index is 539. The lowest BCUT2D eigenvalue weighted by molar-refractivity contribution is 0.00820. The van der Waals surface area contributed by atoms with Crippen LogP contribution in [0.3, 0.4) is 0 Å². The summed E-state index contributed by atoms with van der Waals surface area (Å²) in [6.45, 7) is 5.40. The number of rotatable bonds is 4. The van der Waals surface area contributed by atoms with Gasteiger partial charge in [-0.2, -0.15) is 10.1 Å². The van der Waals surface area contributed by atoms with Crippen molar-refractivity contribution in [2.24, 2.45) is 0 Å². The van der Waals surface area contributed by atoms with Crippen LogP contribution in [0.15, 0.2) is 22.9 Å². The molecule has 1 unspecified atom stereocenters. The van der Waals surface area contributed by atoms with E-state index in [4.69, 9.17) is 9.26 Å². The number of aromatic nitrogens is 4. The summed E-state index contributed by atoms with van der Waals surface area (Å²) < 4.78 is 10.8. The van der Waals surface area contributed by atoms with Crippen molar-refractivity contribution in [1.29, 1.82) is 0 Å². The van der Waals surface area contributed by atoms with Crippen LogP contribution >= 0.6 is 0 Å². The van der Waals surface area contributed by atoms with E-state index < -0.39 is 0 Å². The number of ether oxygens (including phenoxy) is 1. The number of nitrogens with zero attached hydrogens (tertiary/aromatic N) is 5. The maximum atomic E-state index is 5.41. The Labute approximate surface area is 117 Å². The van der Waals surface area contributed by atoms with E-state index >= 15 is 0 Å². The Kier molecular flexibility index (Phi) is 3.98. The largest absolute Gasteiger partial charge is 0.379 e. The van der Waals surface area contributed by atoms with Crippen LogP contribution in [-0.4, -0.2) is 51.5 Å². The molecular formula is C13H17N5O2. The molecule has 0 radical (unpaired) electrons. The highest BCUT2D eigenvalue weighted by Gasteiger charge is 2.26. The lowest BCUT2D eigenvalue weighted by atomic mass is 10.2. The molecule has 1 aliphatic rings. The Morgan fingerprint density at radius 1 is 1.35 bits per heavy atom. The van der Waals surface area contributed by atoms with Crippen molar-refractivity contribution < 1.29 is 9.26 Å². The van der Waals surface area contributed by atoms with Gasteiger partial charge in [0.15, 0.2) is 0 Å². The number of morpholine rings is 1. The fourth-order valence-electron chi connectivity index (χ4n) is 2.37. The minimum atomic E-state index is 0.136. The zero-order chi connectivity index (χ0) is 13.8. The van der Waals surface area contributed by atoms with Gasteiger partial charge in [-0.05, 0) is 18.6 Å². The molecule has 2 aromatic rings. The first-order valence-corrected chi connectivity index (χ1v) is 6.82.